The van der Waals surface area contributed by atoms with Gasteiger partial charge >= 0.3 is 0 Å². The summed E-state index contributed by atoms with van der Waals surface area (Å²) in [6.45, 7) is 5.32. The molecule has 0 aliphatic heterocycles. The molecule has 0 amide bonds. The second kappa shape index (κ2) is 7.91. The largest absolute Gasteiger partial charge is 0.357 e. The van der Waals surface area contributed by atoms with Gasteiger partial charge in [0.25, 0.3) is 0 Å². The fourth-order valence-corrected chi connectivity index (χ4v) is 3.49. The molecule has 3 rings (SSSR count). The van der Waals surface area contributed by atoms with E-state index in [0.717, 1.165) is 23.7 Å². The van der Waals surface area contributed by atoms with Crippen LogP contribution in [0.1, 0.15) is 35.5 Å². The summed E-state index contributed by atoms with van der Waals surface area (Å²) in [6.07, 6.45) is 1.48. The molecule has 2 unspecified atom stereocenters. The van der Waals surface area contributed by atoms with Crippen molar-refractivity contribution >= 4 is 17.3 Å². The number of aryl methyl sites for hydroxylation is 1. The van der Waals surface area contributed by atoms with Gasteiger partial charge < -0.3 is 10.6 Å². The van der Waals surface area contributed by atoms with Crippen molar-refractivity contribution in [1.29, 1.82) is 0 Å². The van der Waals surface area contributed by atoms with E-state index in [1.165, 1.54) is 18.2 Å². The Balaban J connectivity index is 1.58. The minimum Gasteiger partial charge on any atom is -0.357 e. The standard InChI is InChI=1S/C18H22F2N4S/c1-3-21-18(22-8-7-12-10-25-11(2)23-12)24-16-9-13(16)17-14(19)5-4-6-15(17)20/h4-6,10,13,16H,3,7-9H2,1-2H3,(H2,21,22,24). The first-order valence-electron chi connectivity index (χ1n) is 8.48. The summed E-state index contributed by atoms with van der Waals surface area (Å²) in [6, 6.07) is 4.02. The Hall–Kier alpha value is -2.02. The molecule has 0 radical (unpaired) electrons. The molecule has 2 aromatic rings. The Morgan fingerprint density at radius 1 is 1.36 bits per heavy atom. The zero-order valence-electron chi connectivity index (χ0n) is 14.4. The topological polar surface area (TPSA) is 49.3 Å². The van der Waals surface area contributed by atoms with Gasteiger partial charge in [-0.15, -0.1) is 11.3 Å². The minimum absolute atomic E-state index is 0.00529. The summed E-state index contributed by atoms with van der Waals surface area (Å²) in [5.74, 6) is -0.421. The predicted molar refractivity (Wildman–Crippen MR) is 97.2 cm³/mol. The Labute approximate surface area is 150 Å². The van der Waals surface area contributed by atoms with E-state index in [0.29, 0.717) is 18.9 Å². The summed E-state index contributed by atoms with van der Waals surface area (Å²) in [5, 5.41) is 9.55. The molecule has 1 aliphatic carbocycles. The van der Waals surface area contributed by atoms with Gasteiger partial charge in [-0.05, 0) is 32.4 Å². The molecule has 25 heavy (non-hydrogen) atoms. The number of rotatable bonds is 6. The third kappa shape index (κ3) is 4.54. The first-order chi connectivity index (χ1) is 12.1. The number of thiazole rings is 1. The molecular weight excluding hydrogens is 342 g/mol. The van der Waals surface area contributed by atoms with Crippen molar-refractivity contribution in [2.24, 2.45) is 4.99 Å². The van der Waals surface area contributed by atoms with E-state index in [4.69, 9.17) is 0 Å². The molecule has 1 heterocycles. The van der Waals surface area contributed by atoms with Crippen LogP contribution in [0.15, 0.2) is 28.6 Å². The Morgan fingerprint density at radius 3 is 2.76 bits per heavy atom. The molecule has 1 aromatic carbocycles. The quantitative estimate of drug-likeness (QED) is 0.610. The van der Waals surface area contributed by atoms with E-state index in [2.05, 4.69) is 20.6 Å². The molecule has 2 atom stereocenters. The van der Waals surface area contributed by atoms with Gasteiger partial charge in [0, 0.05) is 42.4 Å². The Morgan fingerprint density at radius 2 is 2.12 bits per heavy atom. The highest BCUT2D eigenvalue weighted by molar-refractivity contribution is 7.09. The van der Waals surface area contributed by atoms with Crippen molar-refractivity contribution in [3.8, 4) is 0 Å². The lowest BCUT2D eigenvalue weighted by molar-refractivity contribution is 0.553. The van der Waals surface area contributed by atoms with Gasteiger partial charge in [-0.3, -0.25) is 4.99 Å². The molecule has 0 bridgehead atoms. The van der Waals surface area contributed by atoms with Gasteiger partial charge in [-0.1, -0.05) is 6.07 Å². The first kappa shape index (κ1) is 17.8. The van der Waals surface area contributed by atoms with Crippen LogP contribution < -0.4 is 10.6 Å². The molecule has 2 N–H and O–H groups in total. The normalized spacial score (nSPS) is 19.8. The van der Waals surface area contributed by atoms with Gasteiger partial charge in [-0.25, -0.2) is 13.8 Å². The third-order valence-corrected chi connectivity index (χ3v) is 4.95. The zero-order valence-corrected chi connectivity index (χ0v) is 15.2. The van der Waals surface area contributed by atoms with E-state index in [1.807, 2.05) is 19.2 Å². The van der Waals surface area contributed by atoms with Gasteiger partial charge in [0.15, 0.2) is 5.96 Å². The van der Waals surface area contributed by atoms with Crippen molar-refractivity contribution in [2.45, 2.75) is 38.6 Å². The molecule has 1 aliphatic rings. The van der Waals surface area contributed by atoms with E-state index in [9.17, 15) is 8.78 Å². The van der Waals surface area contributed by atoms with Gasteiger partial charge in [0.05, 0.1) is 10.7 Å². The second-order valence-electron chi connectivity index (χ2n) is 6.10. The van der Waals surface area contributed by atoms with Crippen LogP contribution in [0.2, 0.25) is 0 Å². The Kier molecular flexibility index (Phi) is 5.63. The maximum atomic E-state index is 13.9. The minimum atomic E-state index is -0.477. The number of benzene rings is 1. The van der Waals surface area contributed by atoms with E-state index in [-0.39, 0.29) is 17.5 Å². The molecule has 1 aromatic heterocycles. The Bertz CT molecular complexity index is 739. The van der Waals surface area contributed by atoms with Gasteiger partial charge in [0.1, 0.15) is 11.6 Å². The lowest BCUT2D eigenvalue weighted by Crippen LogP contribution is -2.39. The molecule has 4 nitrogen and oxygen atoms in total. The molecule has 1 fully saturated rings. The van der Waals surface area contributed by atoms with Crippen LogP contribution in [0.4, 0.5) is 8.78 Å². The van der Waals surface area contributed by atoms with Crippen LogP contribution in [0.3, 0.4) is 0 Å². The summed E-state index contributed by atoms with van der Waals surface area (Å²) < 4.78 is 27.7. The average Bonchev–Trinajstić information content (AvgIpc) is 3.18. The van der Waals surface area contributed by atoms with Crippen LogP contribution in [0, 0.1) is 18.6 Å². The fourth-order valence-electron chi connectivity index (χ4n) is 2.84. The maximum absolute atomic E-state index is 13.9. The molecular formula is C18H22F2N4S. The van der Waals surface area contributed by atoms with Crippen molar-refractivity contribution < 1.29 is 8.78 Å². The van der Waals surface area contributed by atoms with Crippen LogP contribution in [-0.2, 0) is 6.42 Å². The SMILES string of the molecule is CCNC(=NCCc1csc(C)n1)NC1CC1c1c(F)cccc1F. The summed E-state index contributed by atoms with van der Waals surface area (Å²) in [7, 11) is 0. The van der Waals surface area contributed by atoms with Gasteiger partial charge in [0.2, 0.25) is 0 Å². The molecule has 0 spiro atoms. The highest BCUT2D eigenvalue weighted by Gasteiger charge is 2.42. The zero-order chi connectivity index (χ0) is 17.8. The van der Waals surface area contributed by atoms with E-state index >= 15 is 0 Å². The average molecular weight is 364 g/mol. The maximum Gasteiger partial charge on any atom is 0.191 e. The number of nitrogens with zero attached hydrogens (tertiary/aromatic N) is 2. The number of guanidine groups is 1. The van der Waals surface area contributed by atoms with Crippen molar-refractivity contribution in [1.82, 2.24) is 15.6 Å². The number of aromatic nitrogens is 1. The van der Waals surface area contributed by atoms with E-state index < -0.39 is 11.6 Å². The molecule has 134 valence electrons. The van der Waals surface area contributed by atoms with Crippen LogP contribution in [-0.4, -0.2) is 30.1 Å². The summed E-state index contributed by atoms with van der Waals surface area (Å²) in [5.41, 5.74) is 1.22. The van der Waals surface area contributed by atoms with Crippen molar-refractivity contribution in [3.63, 3.8) is 0 Å². The third-order valence-electron chi connectivity index (χ3n) is 4.13. The number of nitrogens with one attached hydrogen (secondary N) is 2. The summed E-state index contributed by atoms with van der Waals surface area (Å²) >= 11 is 1.63. The second-order valence-corrected chi connectivity index (χ2v) is 7.16. The number of hydrogen-bond acceptors (Lipinski definition) is 3. The number of aliphatic imine (C=N–C) groups is 1. The summed E-state index contributed by atoms with van der Waals surface area (Å²) in [4.78, 5) is 8.97. The van der Waals surface area contributed by atoms with E-state index in [1.54, 1.807) is 11.3 Å². The highest BCUT2D eigenvalue weighted by Crippen LogP contribution is 2.43. The highest BCUT2D eigenvalue weighted by atomic mass is 32.1. The van der Waals surface area contributed by atoms with Crippen molar-refractivity contribution in [3.05, 3.63) is 51.5 Å². The lowest BCUT2D eigenvalue weighted by atomic mass is 10.1. The van der Waals surface area contributed by atoms with Crippen LogP contribution >= 0.6 is 11.3 Å². The molecule has 1 saturated carbocycles. The smallest absolute Gasteiger partial charge is 0.191 e. The van der Waals surface area contributed by atoms with Crippen LogP contribution in [0.5, 0.6) is 0 Å². The number of halogens is 2. The fraction of sp³-hybridized carbons (Fsp3) is 0.444. The monoisotopic (exact) mass is 364 g/mol. The lowest BCUT2D eigenvalue weighted by Gasteiger charge is -2.11. The van der Waals surface area contributed by atoms with Gasteiger partial charge in [-0.2, -0.15) is 0 Å². The number of hydrogen-bond donors (Lipinski definition) is 2. The van der Waals surface area contributed by atoms with Crippen molar-refractivity contribution in [2.75, 3.05) is 13.1 Å². The molecule has 0 saturated heterocycles. The first-order valence-corrected chi connectivity index (χ1v) is 9.36. The predicted octanol–water partition coefficient (Wildman–Crippen LogP) is 3.38. The van der Waals surface area contributed by atoms with Crippen LogP contribution in [0.25, 0.3) is 0 Å². The molecule has 7 heteroatoms.